The van der Waals surface area contributed by atoms with Crippen molar-refractivity contribution in [3.8, 4) is 5.75 Å². The Morgan fingerprint density at radius 2 is 2.21 bits per heavy atom. The predicted molar refractivity (Wildman–Crippen MR) is 116 cm³/mol. The summed E-state index contributed by atoms with van der Waals surface area (Å²) in [7, 11) is 1.53. The maximum absolute atomic E-state index is 12.7. The number of fused-ring (bicyclic) bond motifs is 1. The Hall–Kier alpha value is -2.03. The first-order valence-electron chi connectivity index (χ1n) is 8.77. The molecule has 2 heterocycles. The standard InChI is InChI=1S/C19H20ClN3O3S2/c1-3-4-8-23-18(25)17-14(7-9-27-17)22-19(23)28-11-16(24)21-12-5-6-15(26-2)13(20)10-12/h5-7,9-10H,3-4,8,11H2,1-2H3,(H,21,24). The Balaban J connectivity index is 1.74. The number of nitrogens with zero attached hydrogens (tertiary/aromatic N) is 2. The molecular weight excluding hydrogens is 418 g/mol. The minimum absolute atomic E-state index is 0.0432. The molecule has 0 unspecified atom stereocenters. The number of amides is 1. The molecule has 6 nitrogen and oxygen atoms in total. The first-order chi connectivity index (χ1) is 13.5. The number of hydrogen-bond donors (Lipinski definition) is 1. The fraction of sp³-hybridized carbons (Fsp3) is 0.316. The lowest BCUT2D eigenvalue weighted by atomic mass is 10.3. The van der Waals surface area contributed by atoms with Crippen LogP contribution in [0.4, 0.5) is 5.69 Å². The third kappa shape index (κ3) is 4.68. The van der Waals surface area contributed by atoms with Gasteiger partial charge in [0.2, 0.25) is 5.91 Å². The monoisotopic (exact) mass is 437 g/mol. The van der Waals surface area contributed by atoms with Gasteiger partial charge in [-0.25, -0.2) is 4.98 Å². The Morgan fingerprint density at radius 1 is 1.39 bits per heavy atom. The zero-order valence-electron chi connectivity index (χ0n) is 15.5. The highest BCUT2D eigenvalue weighted by atomic mass is 35.5. The van der Waals surface area contributed by atoms with E-state index < -0.39 is 0 Å². The first-order valence-corrected chi connectivity index (χ1v) is 11.0. The van der Waals surface area contributed by atoms with Crippen molar-refractivity contribution in [1.29, 1.82) is 0 Å². The molecule has 148 valence electrons. The van der Waals surface area contributed by atoms with E-state index in [1.54, 1.807) is 22.8 Å². The normalized spacial score (nSPS) is 11.0. The molecule has 1 aromatic carbocycles. The average molecular weight is 438 g/mol. The number of unbranched alkanes of at least 4 members (excludes halogenated alkanes) is 1. The molecule has 28 heavy (non-hydrogen) atoms. The molecule has 0 atom stereocenters. The van der Waals surface area contributed by atoms with Crippen LogP contribution in [0.15, 0.2) is 39.6 Å². The second-order valence-corrected chi connectivity index (χ2v) is 8.29. The highest BCUT2D eigenvalue weighted by Crippen LogP contribution is 2.27. The number of hydrogen-bond acceptors (Lipinski definition) is 6. The lowest BCUT2D eigenvalue weighted by Gasteiger charge is -2.12. The number of rotatable bonds is 8. The van der Waals surface area contributed by atoms with Gasteiger partial charge < -0.3 is 10.1 Å². The number of thiophene rings is 1. The summed E-state index contributed by atoms with van der Waals surface area (Å²) >= 11 is 8.74. The molecule has 0 saturated heterocycles. The topological polar surface area (TPSA) is 73.2 Å². The Kier molecular flexibility index (Phi) is 6.98. The van der Waals surface area contributed by atoms with Crippen LogP contribution in [0, 0.1) is 0 Å². The number of nitrogens with one attached hydrogen (secondary N) is 1. The number of ether oxygens (including phenoxy) is 1. The summed E-state index contributed by atoms with van der Waals surface area (Å²) in [5.41, 5.74) is 1.21. The molecule has 0 saturated carbocycles. The van der Waals surface area contributed by atoms with Gasteiger partial charge in [0.05, 0.1) is 23.4 Å². The summed E-state index contributed by atoms with van der Waals surface area (Å²) in [5.74, 6) is 0.480. The Morgan fingerprint density at radius 3 is 2.93 bits per heavy atom. The van der Waals surface area contributed by atoms with Crippen LogP contribution in [0.3, 0.4) is 0 Å². The summed E-state index contributed by atoms with van der Waals surface area (Å²) in [5, 5.41) is 5.64. The van der Waals surface area contributed by atoms with Crippen molar-refractivity contribution in [2.75, 3.05) is 18.2 Å². The number of carbonyl (C=O) groups is 1. The molecule has 2 aromatic heterocycles. The number of anilines is 1. The van der Waals surface area contributed by atoms with Crippen LogP contribution in [0.5, 0.6) is 5.75 Å². The second kappa shape index (κ2) is 9.45. The maximum Gasteiger partial charge on any atom is 0.272 e. The van der Waals surface area contributed by atoms with E-state index in [1.165, 1.54) is 30.2 Å². The molecule has 0 aliphatic rings. The van der Waals surface area contributed by atoms with Gasteiger partial charge in [-0.3, -0.25) is 14.2 Å². The number of aromatic nitrogens is 2. The van der Waals surface area contributed by atoms with Crippen molar-refractivity contribution in [3.05, 3.63) is 45.0 Å². The average Bonchev–Trinajstić information content (AvgIpc) is 3.15. The minimum Gasteiger partial charge on any atom is -0.495 e. The van der Waals surface area contributed by atoms with Gasteiger partial charge in [-0.15, -0.1) is 11.3 Å². The lowest BCUT2D eigenvalue weighted by Crippen LogP contribution is -2.23. The van der Waals surface area contributed by atoms with Crippen LogP contribution in [0.25, 0.3) is 10.2 Å². The van der Waals surface area contributed by atoms with Crippen LogP contribution in [0.2, 0.25) is 5.02 Å². The molecule has 3 rings (SSSR count). The van der Waals surface area contributed by atoms with Crippen LogP contribution >= 0.6 is 34.7 Å². The van der Waals surface area contributed by atoms with Gasteiger partial charge in [-0.1, -0.05) is 36.7 Å². The van der Waals surface area contributed by atoms with Gasteiger partial charge in [0, 0.05) is 12.2 Å². The molecule has 0 spiro atoms. The van der Waals surface area contributed by atoms with Crippen molar-refractivity contribution in [2.45, 2.75) is 31.5 Å². The van der Waals surface area contributed by atoms with Crippen molar-refractivity contribution >= 4 is 56.5 Å². The molecule has 9 heteroatoms. The lowest BCUT2D eigenvalue weighted by molar-refractivity contribution is -0.113. The van der Waals surface area contributed by atoms with Crippen molar-refractivity contribution in [1.82, 2.24) is 9.55 Å². The number of halogens is 1. The van der Waals surface area contributed by atoms with Crippen molar-refractivity contribution < 1.29 is 9.53 Å². The molecule has 0 bridgehead atoms. The zero-order valence-corrected chi connectivity index (χ0v) is 17.9. The summed E-state index contributed by atoms with van der Waals surface area (Å²) in [6.45, 7) is 2.66. The van der Waals surface area contributed by atoms with E-state index in [4.69, 9.17) is 16.3 Å². The highest BCUT2D eigenvalue weighted by molar-refractivity contribution is 7.99. The van der Waals surface area contributed by atoms with Crippen molar-refractivity contribution in [2.24, 2.45) is 0 Å². The largest absolute Gasteiger partial charge is 0.495 e. The first kappa shape index (κ1) is 20.7. The fourth-order valence-corrected chi connectivity index (χ4v) is 4.48. The van der Waals surface area contributed by atoms with Crippen LogP contribution < -0.4 is 15.6 Å². The molecule has 1 amide bonds. The Bertz CT molecular complexity index is 1050. The van der Waals surface area contributed by atoms with E-state index in [9.17, 15) is 9.59 Å². The third-order valence-corrected chi connectivity index (χ3v) is 6.20. The van der Waals surface area contributed by atoms with E-state index in [-0.39, 0.29) is 17.2 Å². The Labute approximate surface area is 175 Å². The number of thioether (sulfide) groups is 1. The van der Waals surface area contributed by atoms with Crippen LogP contribution in [-0.4, -0.2) is 28.3 Å². The van der Waals surface area contributed by atoms with Gasteiger partial charge >= 0.3 is 0 Å². The maximum atomic E-state index is 12.7. The van der Waals surface area contributed by atoms with E-state index in [2.05, 4.69) is 17.2 Å². The second-order valence-electron chi connectivity index (χ2n) is 6.03. The van der Waals surface area contributed by atoms with Gasteiger partial charge in [-0.05, 0) is 36.1 Å². The van der Waals surface area contributed by atoms with Gasteiger partial charge in [0.1, 0.15) is 10.4 Å². The molecule has 3 aromatic rings. The summed E-state index contributed by atoms with van der Waals surface area (Å²) in [6, 6.07) is 6.88. The smallest absolute Gasteiger partial charge is 0.272 e. The van der Waals surface area contributed by atoms with E-state index in [0.29, 0.717) is 38.4 Å². The van der Waals surface area contributed by atoms with Gasteiger partial charge in [0.15, 0.2) is 5.16 Å². The molecule has 0 fully saturated rings. The van der Waals surface area contributed by atoms with Crippen LogP contribution in [0.1, 0.15) is 19.8 Å². The molecule has 1 N–H and O–H groups in total. The summed E-state index contributed by atoms with van der Waals surface area (Å²) in [4.78, 5) is 29.7. The molecule has 0 aliphatic carbocycles. The van der Waals surface area contributed by atoms with E-state index in [0.717, 1.165) is 12.8 Å². The summed E-state index contributed by atoms with van der Waals surface area (Å²) < 4.78 is 7.43. The quantitative estimate of drug-likeness (QED) is 0.410. The van der Waals surface area contributed by atoms with E-state index >= 15 is 0 Å². The minimum atomic E-state index is -0.201. The highest BCUT2D eigenvalue weighted by Gasteiger charge is 2.14. The van der Waals surface area contributed by atoms with Crippen LogP contribution in [-0.2, 0) is 11.3 Å². The number of methoxy groups -OCH3 is 1. The van der Waals surface area contributed by atoms with E-state index in [1.807, 2.05) is 11.4 Å². The SMILES string of the molecule is CCCCn1c(SCC(=O)Nc2ccc(OC)c(Cl)c2)nc2ccsc2c1=O. The summed E-state index contributed by atoms with van der Waals surface area (Å²) in [6.07, 6.45) is 1.85. The van der Waals surface area contributed by atoms with Gasteiger partial charge in [-0.2, -0.15) is 0 Å². The molecular formula is C19H20ClN3O3S2. The van der Waals surface area contributed by atoms with Crippen molar-refractivity contribution in [3.63, 3.8) is 0 Å². The van der Waals surface area contributed by atoms with Gasteiger partial charge in [0.25, 0.3) is 5.56 Å². The number of carbonyl (C=O) groups excluding carboxylic acids is 1. The number of benzene rings is 1. The third-order valence-electron chi connectivity index (χ3n) is 4.03. The zero-order chi connectivity index (χ0) is 20.1. The predicted octanol–water partition coefficient (Wildman–Crippen LogP) is 4.65. The fourth-order valence-electron chi connectivity index (χ4n) is 2.62. The molecule has 0 aliphatic heterocycles. The molecule has 0 radical (unpaired) electrons.